The minimum Gasteiger partial charge on any atom is -0.370 e. The standard InChI is InChI=1S/C13H22N4S.HI/c1-11-10-18-12(16-11)6-5-7-15-13(14)17-8-3-2-4-9-17;/h10H,2-9H2,1H3,(H2,14,15);1H. The summed E-state index contributed by atoms with van der Waals surface area (Å²) in [4.78, 5) is 11.1. The van der Waals surface area contributed by atoms with E-state index >= 15 is 0 Å². The van der Waals surface area contributed by atoms with Crippen LogP contribution in [-0.4, -0.2) is 35.5 Å². The van der Waals surface area contributed by atoms with E-state index in [9.17, 15) is 0 Å². The van der Waals surface area contributed by atoms with Crippen LogP contribution in [-0.2, 0) is 6.42 Å². The van der Waals surface area contributed by atoms with Gasteiger partial charge in [0.1, 0.15) is 0 Å². The van der Waals surface area contributed by atoms with Gasteiger partial charge in [0.15, 0.2) is 5.96 Å². The summed E-state index contributed by atoms with van der Waals surface area (Å²) in [6, 6.07) is 0. The molecule has 0 atom stereocenters. The van der Waals surface area contributed by atoms with Crippen molar-refractivity contribution in [1.82, 2.24) is 9.88 Å². The Morgan fingerprint density at radius 1 is 1.42 bits per heavy atom. The number of aromatic nitrogens is 1. The van der Waals surface area contributed by atoms with Crippen LogP contribution in [0.4, 0.5) is 0 Å². The van der Waals surface area contributed by atoms with Crippen molar-refractivity contribution in [2.45, 2.75) is 39.0 Å². The fourth-order valence-electron chi connectivity index (χ4n) is 2.16. The normalized spacial score (nSPS) is 16.3. The number of guanidine groups is 1. The highest BCUT2D eigenvalue weighted by molar-refractivity contribution is 14.0. The van der Waals surface area contributed by atoms with Crippen LogP contribution in [0.2, 0.25) is 0 Å². The average molecular weight is 394 g/mol. The number of hydrogen-bond donors (Lipinski definition) is 1. The summed E-state index contributed by atoms with van der Waals surface area (Å²) in [5, 5.41) is 3.31. The quantitative estimate of drug-likeness (QED) is 0.370. The highest BCUT2D eigenvalue weighted by atomic mass is 127. The van der Waals surface area contributed by atoms with E-state index in [4.69, 9.17) is 5.73 Å². The number of halogens is 1. The highest BCUT2D eigenvalue weighted by Crippen LogP contribution is 2.11. The lowest BCUT2D eigenvalue weighted by molar-refractivity contribution is 0.338. The minimum absolute atomic E-state index is 0. The zero-order valence-corrected chi connectivity index (χ0v) is 14.6. The van der Waals surface area contributed by atoms with E-state index < -0.39 is 0 Å². The first-order valence-corrected chi connectivity index (χ1v) is 7.59. The van der Waals surface area contributed by atoms with E-state index in [1.807, 2.05) is 6.92 Å². The second kappa shape index (κ2) is 8.73. The van der Waals surface area contributed by atoms with Crippen LogP contribution in [0.1, 0.15) is 36.4 Å². The summed E-state index contributed by atoms with van der Waals surface area (Å²) >= 11 is 1.74. The minimum atomic E-state index is 0. The predicted octanol–water partition coefficient (Wildman–Crippen LogP) is 2.80. The van der Waals surface area contributed by atoms with E-state index in [1.165, 1.54) is 24.3 Å². The van der Waals surface area contributed by atoms with Gasteiger partial charge in [-0.15, -0.1) is 35.3 Å². The molecule has 0 spiro atoms. The lowest BCUT2D eigenvalue weighted by Crippen LogP contribution is -2.40. The monoisotopic (exact) mass is 394 g/mol. The zero-order chi connectivity index (χ0) is 12.8. The summed E-state index contributed by atoms with van der Waals surface area (Å²) < 4.78 is 0. The van der Waals surface area contributed by atoms with Gasteiger partial charge in [-0.1, -0.05) is 0 Å². The fourth-order valence-corrected chi connectivity index (χ4v) is 2.98. The smallest absolute Gasteiger partial charge is 0.191 e. The van der Waals surface area contributed by atoms with Gasteiger partial charge in [-0.2, -0.15) is 0 Å². The van der Waals surface area contributed by atoms with Crippen molar-refractivity contribution in [3.05, 3.63) is 16.1 Å². The maximum atomic E-state index is 5.99. The first-order chi connectivity index (χ1) is 8.75. The largest absolute Gasteiger partial charge is 0.370 e. The SMILES string of the molecule is Cc1csc(CCCN=C(N)N2CCCCC2)n1.I. The number of nitrogens with two attached hydrogens (primary N) is 1. The Morgan fingerprint density at radius 2 is 2.16 bits per heavy atom. The molecule has 0 aliphatic carbocycles. The van der Waals surface area contributed by atoms with Crippen molar-refractivity contribution >= 4 is 41.3 Å². The van der Waals surface area contributed by atoms with Gasteiger partial charge in [0.2, 0.25) is 0 Å². The third-order valence-electron chi connectivity index (χ3n) is 3.17. The molecule has 6 heteroatoms. The third kappa shape index (κ3) is 5.64. The van der Waals surface area contributed by atoms with E-state index in [1.54, 1.807) is 11.3 Å². The van der Waals surface area contributed by atoms with Crippen molar-refractivity contribution in [3.63, 3.8) is 0 Å². The van der Waals surface area contributed by atoms with Crippen LogP contribution in [0.25, 0.3) is 0 Å². The summed E-state index contributed by atoms with van der Waals surface area (Å²) in [5.74, 6) is 0.727. The van der Waals surface area contributed by atoms with Gasteiger partial charge in [0.05, 0.1) is 5.01 Å². The van der Waals surface area contributed by atoms with Gasteiger partial charge >= 0.3 is 0 Å². The molecule has 4 nitrogen and oxygen atoms in total. The molecule has 0 aromatic carbocycles. The van der Waals surface area contributed by atoms with Crippen LogP contribution >= 0.6 is 35.3 Å². The number of aryl methyl sites for hydroxylation is 2. The van der Waals surface area contributed by atoms with E-state index in [-0.39, 0.29) is 24.0 Å². The number of thiazole rings is 1. The molecule has 0 unspecified atom stereocenters. The second-order valence-electron chi connectivity index (χ2n) is 4.77. The van der Waals surface area contributed by atoms with Gasteiger partial charge in [-0.3, -0.25) is 4.99 Å². The molecule has 1 aliphatic heterocycles. The predicted molar refractivity (Wildman–Crippen MR) is 92.5 cm³/mol. The van der Waals surface area contributed by atoms with Gasteiger partial charge in [-0.05, 0) is 32.6 Å². The lowest BCUT2D eigenvalue weighted by atomic mass is 10.1. The van der Waals surface area contributed by atoms with E-state index in [0.29, 0.717) is 0 Å². The van der Waals surface area contributed by atoms with Crippen molar-refractivity contribution in [2.75, 3.05) is 19.6 Å². The van der Waals surface area contributed by atoms with E-state index in [0.717, 1.165) is 44.1 Å². The fraction of sp³-hybridized carbons (Fsp3) is 0.692. The van der Waals surface area contributed by atoms with Crippen LogP contribution in [0, 0.1) is 6.92 Å². The van der Waals surface area contributed by atoms with Crippen molar-refractivity contribution < 1.29 is 0 Å². The Kier molecular flexibility index (Phi) is 7.67. The number of likely N-dealkylation sites (tertiary alicyclic amines) is 1. The van der Waals surface area contributed by atoms with Crippen molar-refractivity contribution in [1.29, 1.82) is 0 Å². The number of nitrogens with zero attached hydrogens (tertiary/aromatic N) is 3. The third-order valence-corrected chi connectivity index (χ3v) is 4.20. The number of hydrogen-bond acceptors (Lipinski definition) is 3. The topological polar surface area (TPSA) is 54.5 Å². The molecular formula is C13H23IN4S. The number of aliphatic imine (C=N–C) groups is 1. The molecule has 0 amide bonds. The second-order valence-corrected chi connectivity index (χ2v) is 5.72. The molecule has 2 rings (SSSR count). The van der Waals surface area contributed by atoms with Crippen LogP contribution in [0.3, 0.4) is 0 Å². The molecule has 1 fully saturated rings. The summed E-state index contributed by atoms with van der Waals surface area (Å²) in [7, 11) is 0. The molecular weight excluding hydrogens is 371 g/mol. The first-order valence-electron chi connectivity index (χ1n) is 6.71. The molecule has 1 aromatic heterocycles. The summed E-state index contributed by atoms with van der Waals surface area (Å²) in [6.45, 7) is 4.98. The number of rotatable bonds is 4. The number of piperidine rings is 1. The molecule has 1 aliphatic rings. The molecule has 2 N–H and O–H groups in total. The molecule has 2 heterocycles. The molecule has 1 aromatic rings. The Hall–Kier alpha value is -0.370. The van der Waals surface area contributed by atoms with Gasteiger partial charge in [-0.25, -0.2) is 4.98 Å². The molecule has 19 heavy (non-hydrogen) atoms. The van der Waals surface area contributed by atoms with Gasteiger partial charge in [0.25, 0.3) is 0 Å². The first kappa shape index (κ1) is 16.7. The molecule has 0 radical (unpaired) electrons. The maximum Gasteiger partial charge on any atom is 0.191 e. The summed E-state index contributed by atoms with van der Waals surface area (Å²) in [6.07, 6.45) is 5.85. The van der Waals surface area contributed by atoms with Gasteiger partial charge in [0, 0.05) is 37.1 Å². The Bertz CT molecular complexity index is 399. The van der Waals surface area contributed by atoms with Crippen LogP contribution < -0.4 is 5.73 Å². The van der Waals surface area contributed by atoms with Crippen LogP contribution in [0.15, 0.2) is 10.4 Å². The summed E-state index contributed by atoms with van der Waals surface area (Å²) in [5.41, 5.74) is 7.11. The van der Waals surface area contributed by atoms with Gasteiger partial charge < -0.3 is 10.6 Å². The van der Waals surface area contributed by atoms with E-state index in [2.05, 4.69) is 20.3 Å². The maximum absolute atomic E-state index is 5.99. The highest BCUT2D eigenvalue weighted by Gasteiger charge is 2.11. The van der Waals surface area contributed by atoms with Crippen LogP contribution in [0.5, 0.6) is 0 Å². The average Bonchev–Trinajstić information content (AvgIpc) is 2.81. The molecule has 1 saturated heterocycles. The molecule has 0 saturated carbocycles. The lowest BCUT2D eigenvalue weighted by Gasteiger charge is -2.27. The zero-order valence-electron chi connectivity index (χ0n) is 11.5. The van der Waals surface area contributed by atoms with Crippen molar-refractivity contribution in [2.24, 2.45) is 10.7 Å². The molecule has 108 valence electrons. The Morgan fingerprint density at radius 3 is 2.79 bits per heavy atom. The molecule has 0 bridgehead atoms. The Labute approximate surface area is 136 Å². The van der Waals surface area contributed by atoms with Crippen molar-refractivity contribution in [3.8, 4) is 0 Å². The Balaban J connectivity index is 0.00000180.